The summed E-state index contributed by atoms with van der Waals surface area (Å²) in [5.74, 6) is -1.51. The lowest BCUT2D eigenvalue weighted by Crippen LogP contribution is -2.42. The first-order chi connectivity index (χ1) is 13.2. The Morgan fingerprint density at radius 3 is 2.43 bits per heavy atom. The van der Waals surface area contributed by atoms with Crippen LogP contribution >= 0.6 is 0 Å². The van der Waals surface area contributed by atoms with Crippen molar-refractivity contribution in [2.45, 2.75) is 51.0 Å². The second-order valence-corrected chi connectivity index (χ2v) is 7.44. The fourth-order valence-electron chi connectivity index (χ4n) is 3.76. The molecule has 0 aromatic heterocycles. The Labute approximate surface area is 162 Å². The van der Waals surface area contributed by atoms with Crippen molar-refractivity contribution >= 4 is 11.9 Å². The smallest absolute Gasteiger partial charge is 0.475 e. The molecule has 3 heterocycles. The van der Waals surface area contributed by atoms with Crippen LogP contribution in [0.3, 0.4) is 0 Å². The number of likely N-dealkylation sites (tertiary alicyclic amines) is 1. The van der Waals surface area contributed by atoms with Crippen LogP contribution < -0.4 is 5.32 Å². The first-order valence-corrected chi connectivity index (χ1v) is 9.74. The van der Waals surface area contributed by atoms with Crippen LogP contribution in [0.4, 0.5) is 13.2 Å². The van der Waals surface area contributed by atoms with E-state index in [0.29, 0.717) is 11.8 Å². The van der Waals surface area contributed by atoms with Crippen molar-refractivity contribution in [3.63, 3.8) is 0 Å². The number of carboxylic acids is 1. The molecule has 10 heteroatoms. The number of nitrogens with one attached hydrogen (secondary N) is 1. The Balaban J connectivity index is 0.000000345. The fourth-order valence-corrected chi connectivity index (χ4v) is 3.76. The number of aliphatic carboxylic acids is 1. The van der Waals surface area contributed by atoms with Gasteiger partial charge in [-0.3, -0.25) is 4.79 Å². The molecular weight excluding hydrogens is 381 g/mol. The average Bonchev–Trinajstić information content (AvgIpc) is 3.10. The summed E-state index contributed by atoms with van der Waals surface area (Å²) in [4.78, 5) is 23.6. The molecular formula is C18H29F3N2O5. The molecule has 162 valence electrons. The number of fused-ring (bicyclic) bond motifs is 1. The molecule has 2 N–H and O–H groups in total. The molecule has 3 saturated heterocycles. The summed E-state index contributed by atoms with van der Waals surface area (Å²) in [6, 6.07) is 0. The number of hydrogen-bond donors (Lipinski definition) is 2. The third kappa shape index (κ3) is 6.89. The quantitative estimate of drug-likeness (QED) is 0.733. The van der Waals surface area contributed by atoms with Crippen molar-refractivity contribution < 1.29 is 37.3 Å². The molecule has 7 nitrogen and oxygen atoms in total. The van der Waals surface area contributed by atoms with E-state index in [1.807, 2.05) is 0 Å². The Bertz CT molecular complexity index is 526. The number of likely N-dealkylation sites (N-methyl/N-ethyl adjacent to an activating group) is 1. The van der Waals surface area contributed by atoms with Gasteiger partial charge in [0.2, 0.25) is 5.91 Å². The average molecular weight is 410 g/mol. The van der Waals surface area contributed by atoms with Crippen molar-refractivity contribution in [1.82, 2.24) is 10.2 Å². The summed E-state index contributed by atoms with van der Waals surface area (Å²) in [6.45, 7) is 7.84. The zero-order valence-corrected chi connectivity index (χ0v) is 16.0. The number of nitrogens with zero attached hydrogens (tertiary/aromatic N) is 1. The number of amides is 1. The molecule has 3 fully saturated rings. The van der Waals surface area contributed by atoms with E-state index in [2.05, 4.69) is 17.1 Å². The largest absolute Gasteiger partial charge is 0.490 e. The van der Waals surface area contributed by atoms with Crippen LogP contribution in [-0.4, -0.2) is 79.7 Å². The van der Waals surface area contributed by atoms with Crippen molar-refractivity contribution in [1.29, 1.82) is 0 Å². The lowest BCUT2D eigenvalue weighted by Gasteiger charge is -2.33. The van der Waals surface area contributed by atoms with Gasteiger partial charge in [-0.25, -0.2) is 4.79 Å². The number of carbonyl (C=O) groups is 2. The maximum Gasteiger partial charge on any atom is 0.490 e. The molecule has 0 unspecified atom stereocenters. The molecule has 1 amide bonds. The first-order valence-electron chi connectivity index (χ1n) is 9.74. The monoisotopic (exact) mass is 410 g/mol. The molecule has 0 aliphatic carbocycles. The lowest BCUT2D eigenvalue weighted by atomic mass is 9.91. The van der Waals surface area contributed by atoms with Crippen molar-refractivity contribution in [3.05, 3.63) is 0 Å². The van der Waals surface area contributed by atoms with Gasteiger partial charge < -0.3 is 24.8 Å². The van der Waals surface area contributed by atoms with E-state index in [1.54, 1.807) is 0 Å². The van der Waals surface area contributed by atoms with Gasteiger partial charge in [0.05, 0.1) is 6.10 Å². The van der Waals surface area contributed by atoms with Crippen LogP contribution in [0.1, 0.15) is 32.6 Å². The van der Waals surface area contributed by atoms with Gasteiger partial charge in [-0.2, -0.15) is 13.2 Å². The highest BCUT2D eigenvalue weighted by molar-refractivity contribution is 5.81. The highest BCUT2D eigenvalue weighted by atomic mass is 19.4. The summed E-state index contributed by atoms with van der Waals surface area (Å²) >= 11 is 0. The van der Waals surface area contributed by atoms with Crippen LogP contribution in [0.2, 0.25) is 0 Å². The lowest BCUT2D eigenvalue weighted by molar-refractivity contribution is -0.192. The Hall–Kier alpha value is -1.39. The third-order valence-electron chi connectivity index (χ3n) is 5.52. The zero-order valence-electron chi connectivity index (χ0n) is 16.0. The summed E-state index contributed by atoms with van der Waals surface area (Å²) in [6.07, 6.45) is -0.857. The SMILES string of the molecule is CCN1CC[C@H]2C[C@@H](C(=O)NCC3CCOCC3)O[C@@H]2C1.O=C(O)C(F)(F)F. The minimum atomic E-state index is -5.08. The number of halogens is 3. The third-order valence-corrected chi connectivity index (χ3v) is 5.52. The van der Waals surface area contributed by atoms with Crippen LogP contribution in [-0.2, 0) is 19.1 Å². The second-order valence-electron chi connectivity index (χ2n) is 7.44. The summed E-state index contributed by atoms with van der Waals surface area (Å²) in [7, 11) is 0. The van der Waals surface area contributed by atoms with E-state index in [-0.39, 0.29) is 18.1 Å². The molecule has 3 aliphatic heterocycles. The van der Waals surface area contributed by atoms with Gasteiger partial charge in [-0.05, 0) is 50.6 Å². The van der Waals surface area contributed by atoms with Gasteiger partial charge in [0.15, 0.2) is 0 Å². The molecule has 3 aliphatic rings. The molecule has 0 saturated carbocycles. The van der Waals surface area contributed by atoms with Crippen molar-refractivity contribution in [3.8, 4) is 0 Å². The Kier molecular flexibility index (Phi) is 8.51. The van der Waals surface area contributed by atoms with E-state index in [4.69, 9.17) is 19.4 Å². The summed E-state index contributed by atoms with van der Waals surface area (Å²) in [5.41, 5.74) is 0. The van der Waals surface area contributed by atoms with Gasteiger partial charge in [0, 0.05) is 26.3 Å². The topological polar surface area (TPSA) is 88.1 Å². The maximum absolute atomic E-state index is 12.3. The maximum atomic E-state index is 12.3. The summed E-state index contributed by atoms with van der Waals surface area (Å²) < 4.78 is 43.1. The zero-order chi connectivity index (χ0) is 20.7. The number of piperidine rings is 1. The predicted molar refractivity (Wildman–Crippen MR) is 93.7 cm³/mol. The second kappa shape index (κ2) is 10.4. The van der Waals surface area contributed by atoms with Crippen molar-refractivity contribution in [2.75, 3.05) is 39.4 Å². The van der Waals surface area contributed by atoms with E-state index in [0.717, 1.165) is 58.7 Å². The first kappa shape index (κ1) is 22.9. The van der Waals surface area contributed by atoms with Gasteiger partial charge in [0.25, 0.3) is 0 Å². The van der Waals surface area contributed by atoms with E-state index < -0.39 is 12.1 Å². The molecule has 3 atom stereocenters. The van der Waals surface area contributed by atoms with E-state index in [9.17, 15) is 18.0 Å². The minimum absolute atomic E-state index is 0.0962. The Morgan fingerprint density at radius 1 is 1.21 bits per heavy atom. The summed E-state index contributed by atoms with van der Waals surface area (Å²) in [5, 5.41) is 10.2. The van der Waals surface area contributed by atoms with Crippen LogP contribution in [0.25, 0.3) is 0 Å². The van der Waals surface area contributed by atoms with Crippen molar-refractivity contribution in [2.24, 2.45) is 11.8 Å². The fraction of sp³-hybridized carbons (Fsp3) is 0.889. The Morgan fingerprint density at radius 2 is 1.86 bits per heavy atom. The van der Waals surface area contributed by atoms with Gasteiger partial charge in [0.1, 0.15) is 6.10 Å². The van der Waals surface area contributed by atoms with Gasteiger partial charge in [-0.15, -0.1) is 0 Å². The van der Waals surface area contributed by atoms with Gasteiger partial charge in [-0.1, -0.05) is 6.92 Å². The minimum Gasteiger partial charge on any atom is -0.475 e. The highest BCUT2D eigenvalue weighted by Gasteiger charge is 2.41. The normalized spacial score (nSPS) is 28.8. The number of carboxylic acid groups (broad SMARTS) is 1. The molecule has 0 aromatic rings. The predicted octanol–water partition coefficient (Wildman–Crippen LogP) is 1.66. The molecule has 3 rings (SSSR count). The standard InChI is InChI=1S/C16H28N2O3.C2HF3O2/c1-2-18-6-3-13-9-14(21-15(13)11-18)16(19)17-10-12-4-7-20-8-5-12;3-2(4,5)1(6)7/h12-15H,2-11H2,1H3,(H,17,19);(H,6,7)/t13-,14-,15+;/m0./s1. The molecule has 0 aromatic carbocycles. The van der Waals surface area contributed by atoms with Crippen LogP contribution in [0.5, 0.6) is 0 Å². The molecule has 0 radical (unpaired) electrons. The number of carbonyl (C=O) groups excluding carboxylic acids is 1. The molecule has 0 bridgehead atoms. The molecule has 0 spiro atoms. The number of ether oxygens (including phenoxy) is 2. The van der Waals surface area contributed by atoms with Crippen LogP contribution in [0, 0.1) is 11.8 Å². The molecule has 28 heavy (non-hydrogen) atoms. The van der Waals surface area contributed by atoms with E-state index in [1.165, 1.54) is 6.42 Å². The van der Waals surface area contributed by atoms with Crippen LogP contribution in [0.15, 0.2) is 0 Å². The van der Waals surface area contributed by atoms with E-state index >= 15 is 0 Å². The number of alkyl halides is 3. The highest BCUT2D eigenvalue weighted by Crippen LogP contribution is 2.33. The van der Waals surface area contributed by atoms with Gasteiger partial charge >= 0.3 is 12.1 Å². The number of rotatable bonds is 4. The number of hydrogen-bond acceptors (Lipinski definition) is 5.